The van der Waals surface area contributed by atoms with E-state index in [1.54, 1.807) is 27.0 Å². The largest absolute Gasteiger partial charge is 0.444 e. The van der Waals surface area contributed by atoms with Gasteiger partial charge in [-0.15, -0.1) is 0 Å². The molecule has 0 bridgehead atoms. The summed E-state index contributed by atoms with van der Waals surface area (Å²) in [6.45, 7) is 5.32. The Morgan fingerprint density at radius 1 is 1.36 bits per heavy atom. The fraction of sp³-hybridized carbons (Fsp3) is 0.353. The van der Waals surface area contributed by atoms with Crippen molar-refractivity contribution < 1.29 is 14.3 Å². The maximum atomic E-state index is 11.7. The highest BCUT2D eigenvalue weighted by molar-refractivity contribution is 5.79. The van der Waals surface area contributed by atoms with Gasteiger partial charge in [0.25, 0.3) is 0 Å². The SMILES string of the molecule is CC(C)(C)OC(=O)NC(C=O)Cc1cnc2ccccc2c1. The van der Waals surface area contributed by atoms with Crippen LogP contribution in [-0.4, -0.2) is 29.0 Å². The highest BCUT2D eigenvalue weighted by Gasteiger charge is 2.19. The van der Waals surface area contributed by atoms with E-state index in [1.165, 1.54) is 0 Å². The molecular weight excluding hydrogens is 280 g/mol. The zero-order valence-electron chi connectivity index (χ0n) is 13.0. The van der Waals surface area contributed by atoms with Gasteiger partial charge in [-0.1, -0.05) is 18.2 Å². The van der Waals surface area contributed by atoms with Crippen LogP contribution < -0.4 is 5.32 Å². The minimum Gasteiger partial charge on any atom is -0.444 e. The molecule has 1 amide bonds. The topological polar surface area (TPSA) is 68.3 Å². The van der Waals surface area contributed by atoms with Crippen LogP contribution in [0.2, 0.25) is 0 Å². The van der Waals surface area contributed by atoms with E-state index in [-0.39, 0.29) is 0 Å². The number of para-hydroxylation sites is 1. The van der Waals surface area contributed by atoms with Crippen LogP contribution in [-0.2, 0) is 16.0 Å². The van der Waals surface area contributed by atoms with E-state index in [9.17, 15) is 9.59 Å². The average Bonchev–Trinajstić information content (AvgIpc) is 2.44. The summed E-state index contributed by atoms with van der Waals surface area (Å²) in [5.41, 5.74) is 1.18. The molecule has 1 aromatic heterocycles. The molecule has 0 spiro atoms. The third-order valence-corrected chi connectivity index (χ3v) is 2.97. The Labute approximate surface area is 129 Å². The van der Waals surface area contributed by atoms with Crippen molar-refractivity contribution in [2.75, 3.05) is 0 Å². The number of alkyl carbamates (subject to hydrolysis) is 1. The van der Waals surface area contributed by atoms with Gasteiger partial charge in [0.15, 0.2) is 0 Å². The number of nitrogens with zero attached hydrogens (tertiary/aromatic N) is 1. The highest BCUT2D eigenvalue weighted by Crippen LogP contribution is 2.14. The molecule has 1 unspecified atom stereocenters. The van der Waals surface area contributed by atoms with E-state index >= 15 is 0 Å². The summed E-state index contributed by atoms with van der Waals surface area (Å²) in [7, 11) is 0. The number of hydrogen-bond acceptors (Lipinski definition) is 4. The third kappa shape index (κ3) is 4.55. The summed E-state index contributed by atoms with van der Waals surface area (Å²) in [4.78, 5) is 27.3. The molecule has 0 saturated heterocycles. The standard InChI is InChI=1S/C17H20N2O3/c1-17(2,3)22-16(21)19-14(11-20)9-12-8-13-6-4-5-7-15(13)18-10-12/h4-8,10-11,14H,9H2,1-3H3,(H,19,21). The van der Waals surface area contributed by atoms with E-state index in [0.29, 0.717) is 12.7 Å². The molecular formula is C17H20N2O3. The molecule has 0 fully saturated rings. The van der Waals surface area contributed by atoms with Crippen molar-refractivity contribution in [2.45, 2.75) is 38.8 Å². The van der Waals surface area contributed by atoms with E-state index < -0.39 is 17.7 Å². The molecule has 0 saturated carbocycles. The van der Waals surface area contributed by atoms with Crippen molar-refractivity contribution in [3.63, 3.8) is 0 Å². The average molecular weight is 300 g/mol. The Hall–Kier alpha value is -2.43. The van der Waals surface area contributed by atoms with Gasteiger partial charge in [-0.25, -0.2) is 4.79 Å². The number of carbonyl (C=O) groups is 2. The van der Waals surface area contributed by atoms with Crippen LogP contribution in [0.4, 0.5) is 4.79 Å². The molecule has 2 aromatic rings. The second-order valence-electron chi connectivity index (χ2n) is 6.13. The summed E-state index contributed by atoms with van der Waals surface area (Å²) in [6, 6.07) is 9.07. The zero-order valence-corrected chi connectivity index (χ0v) is 13.0. The summed E-state index contributed by atoms with van der Waals surface area (Å²) in [5, 5.41) is 3.56. The lowest BCUT2D eigenvalue weighted by molar-refractivity contribution is -0.109. The van der Waals surface area contributed by atoms with E-state index in [1.807, 2.05) is 30.3 Å². The molecule has 1 N–H and O–H groups in total. The predicted molar refractivity (Wildman–Crippen MR) is 84.7 cm³/mol. The molecule has 116 valence electrons. The lowest BCUT2D eigenvalue weighted by Gasteiger charge is -2.21. The molecule has 1 atom stereocenters. The van der Waals surface area contributed by atoms with E-state index in [0.717, 1.165) is 16.5 Å². The van der Waals surface area contributed by atoms with Crippen molar-refractivity contribution in [1.29, 1.82) is 0 Å². The number of nitrogens with one attached hydrogen (secondary N) is 1. The minimum absolute atomic E-state index is 0.376. The number of hydrogen-bond donors (Lipinski definition) is 1. The lowest BCUT2D eigenvalue weighted by atomic mass is 10.1. The number of pyridine rings is 1. The number of ether oxygens (including phenoxy) is 1. The number of benzene rings is 1. The van der Waals surface area contributed by atoms with Gasteiger partial charge in [-0.05, 0) is 38.5 Å². The maximum absolute atomic E-state index is 11.7. The van der Waals surface area contributed by atoms with Gasteiger partial charge in [0.1, 0.15) is 11.9 Å². The molecule has 0 aliphatic heterocycles. The van der Waals surface area contributed by atoms with Gasteiger partial charge in [-0.3, -0.25) is 4.98 Å². The quantitative estimate of drug-likeness (QED) is 0.882. The predicted octanol–water partition coefficient (Wildman–Crippen LogP) is 2.87. The third-order valence-electron chi connectivity index (χ3n) is 2.97. The van der Waals surface area contributed by atoms with E-state index in [2.05, 4.69) is 10.3 Å². The first-order chi connectivity index (χ1) is 10.4. The number of fused-ring (bicyclic) bond motifs is 1. The molecule has 0 aliphatic rings. The van der Waals surface area contributed by atoms with Gasteiger partial charge < -0.3 is 14.8 Å². The second kappa shape index (κ2) is 6.56. The van der Waals surface area contributed by atoms with Gasteiger partial charge in [0, 0.05) is 18.0 Å². The summed E-state index contributed by atoms with van der Waals surface area (Å²) in [5.74, 6) is 0. The van der Waals surface area contributed by atoms with Gasteiger partial charge in [0.2, 0.25) is 0 Å². The minimum atomic E-state index is -0.641. The summed E-state index contributed by atoms with van der Waals surface area (Å²) in [6.07, 6.45) is 2.20. The van der Waals surface area contributed by atoms with Crippen LogP contribution in [0.1, 0.15) is 26.3 Å². The summed E-state index contributed by atoms with van der Waals surface area (Å²) >= 11 is 0. The van der Waals surface area contributed by atoms with Crippen LogP contribution in [0.3, 0.4) is 0 Å². The first-order valence-electron chi connectivity index (χ1n) is 7.16. The first-order valence-corrected chi connectivity index (χ1v) is 7.16. The maximum Gasteiger partial charge on any atom is 0.408 e. The van der Waals surface area contributed by atoms with Crippen molar-refractivity contribution in [2.24, 2.45) is 0 Å². The smallest absolute Gasteiger partial charge is 0.408 e. The van der Waals surface area contributed by atoms with Gasteiger partial charge in [0.05, 0.1) is 11.6 Å². The van der Waals surface area contributed by atoms with Crippen molar-refractivity contribution in [3.8, 4) is 0 Å². The molecule has 22 heavy (non-hydrogen) atoms. The first kappa shape index (κ1) is 15.9. The van der Waals surface area contributed by atoms with Gasteiger partial charge >= 0.3 is 6.09 Å². The number of rotatable bonds is 4. The Morgan fingerprint density at radius 2 is 2.09 bits per heavy atom. The van der Waals surface area contributed by atoms with Crippen LogP contribution >= 0.6 is 0 Å². The molecule has 0 radical (unpaired) electrons. The number of aromatic nitrogens is 1. The lowest BCUT2D eigenvalue weighted by Crippen LogP contribution is -2.41. The van der Waals surface area contributed by atoms with Crippen molar-refractivity contribution in [1.82, 2.24) is 10.3 Å². The molecule has 1 heterocycles. The fourth-order valence-electron chi connectivity index (χ4n) is 2.07. The highest BCUT2D eigenvalue weighted by atomic mass is 16.6. The van der Waals surface area contributed by atoms with Crippen molar-refractivity contribution >= 4 is 23.3 Å². The molecule has 2 rings (SSSR count). The Kier molecular flexibility index (Phi) is 4.75. The molecule has 0 aliphatic carbocycles. The number of carbonyl (C=O) groups excluding carboxylic acids is 2. The Bertz CT molecular complexity index is 677. The summed E-state index contributed by atoms with van der Waals surface area (Å²) < 4.78 is 5.15. The Balaban J connectivity index is 2.05. The normalized spacial score (nSPS) is 12.7. The van der Waals surface area contributed by atoms with Crippen LogP contribution in [0.25, 0.3) is 10.9 Å². The van der Waals surface area contributed by atoms with Crippen molar-refractivity contribution in [3.05, 3.63) is 42.1 Å². The Morgan fingerprint density at radius 3 is 2.77 bits per heavy atom. The van der Waals surface area contributed by atoms with Crippen LogP contribution in [0.15, 0.2) is 36.5 Å². The zero-order chi connectivity index (χ0) is 16.2. The van der Waals surface area contributed by atoms with E-state index in [4.69, 9.17) is 4.74 Å². The molecule has 5 heteroatoms. The molecule has 1 aromatic carbocycles. The molecule has 5 nitrogen and oxygen atoms in total. The van der Waals surface area contributed by atoms with Crippen LogP contribution in [0.5, 0.6) is 0 Å². The number of aldehydes is 1. The second-order valence-corrected chi connectivity index (χ2v) is 6.13. The number of amides is 1. The monoisotopic (exact) mass is 300 g/mol. The van der Waals surface area contributed by atoms with Gasteiger partial charge in [-0.2, -0.15) is 0 Å². The van der Waals surface area contributed by atoms with Crippen LogP contribution in [0, 0.1) is 0 Å². The fourth-order valence-corrected chi connectivity index (χ4v) is 2.07.